The molecule has 0 spiro atoms. The van der Waals surface area contributed by atoms with E-state index in [9.17, 15) is 4.79 Å². The van der Waals surface area contributed by atoms with Crippen molar-refractivity contribution in [3.63, 3.8) is 0 Å². The molecular weight excluding hydrogens is 500 g/mol. The van der Waals surface area contributed by atoms with Crippen LogP contribution in [0.4, 0.5) is 0 Å². The second-order valence-electron chi connectivity index (χ2n) is 10.5. The summed E-state index contributed by atoms with van der Waals surface area (Å²) in [5.74, 6) is 0.287. The number of benzene rings is 1. The number of hydrogen-bond donors (Lipinski definition) is 0. The minimum Gasteiger partial charge on any atom is -0.497 e. The van der Waals surface area contributed by atoms with Gasteiger partial charge in [0.1, 0.15) is 11.9 Å². The number of ether oxygens (including phenoxy) is 5. The molecule has 0 saturated heterocycles. The molecule has 2 rings (SSSR count). The Labute approximate surface area is 230 Å². The number of esters is 1. The molecule has 1 heterocycles. The van der Waals surface area contributed by atoms with Crippen LogP contribution >= 0.6 is 0 Å². The molecule has 1 aromatic carbocycles. The molecule has 8 heteroatoms. The van der Waals surface area contributed by atoms with Crippen molar-refractivity contribution in [3.05, 3.63) is 54.1 Å². The highest BCUT2D eigenvalue weighted by atomic mass is 28.4. The molecule has 0 aromatic heterocycles. The molecule has 4 atom stereocenters. The predicted octanol–water partition coefficient (Wildman–Crippen LogP) is 6.58. The van der Waals surface area contributed by atoms with Gasteiger partial charge in [-0.2, -0.15) is 0 Å². The van der Waals surface area contributed by atoms with Crippen molar-refractivity contribution in [1.82, 2.24) is 0 Å². The molecule has 214 valence electrons. The third-order valence-corrected chi connectivity index (χ3v) is 13.3. The lowest BCUT2D eigenvalue weighted by atomic mass is 10.1. The fourth-order valence-corrected chi connectivity index (χ4v) is 10.9. The molecule has 1 aliphatic heterocycles. The molecule has 0 aliphatic carbocycles. The minimum absolute atomic E-state index is 0.225. The van der Waals surface area contributed by atoms with Crippen LogP contribution in [0, 0.1) is 0 Å². The number of methoxy groups -OCH3 is 2. The van der Waals surface area contributed by atoms with Crippen LogP contribution in [0.2, 0.25) is 16.6 Å². The summed E-state index contributed by atoms with van der Waals surface area (Å²) in [6, 6.07) is 7.58. The van der Waals surface area contributed by atoms with Gasteiger partial charge in [0.2, 0.25) is 8.32 Å². The van der Waals surface area contributed by atoms with Crippen molar-refractivity contribution in [2.45, 2.75) is 103 Å². The van der Waals surface area contributed by atoms with Crippen molar-refractivity contribution < 1.29 is 32.9 Å². The van der Waals surface area contributed by atoms with Gasteiger partial charge in [0.05, 0.1) is 26.9 Å². The van der Waals surface area contributed by atoms with Crippen LogP contribution in [0.25, 0.3) is 0 Å². The zero-order chi connectivity index (χ0) is 28.3. The second-order valence-corrected chi connectivity index (χ2v) is 15.9. The van der Waals surface area contributed by atoms with E-state index in [4.69, 9.17) is 28.1 Å². The first kappa shape index (κ1) is 32.2. The van der Waals surface area contributed by atoms with Crippen LogP contribution in [0.3, 0.4) is 0 Å². The van der Waals surface area contributed by atoms with Crippen LogP contribution < -0.4 is 4.74 Å². The molecule has 1 aromatic rings. The van der Waals surface area contributed by atoms with E-state index in [0.717, 1.165) is 11.3 Å². The topological polar surface area (TPSA) is 72.5 Å². The van der Waals surface area contributed by atoms with Crippen molar-refractivity contribution in [1.29, 1.82) is 0 Å². The van der Waals surface area contributed by atoms with Crippen LogP contribution in [0.1, 0.15) is 60.5 Å². The third-order valence-electron chi connectivity index (χ3n) is 7.17. The maximum atomic E-state index is 13.1. The van der Waals surface area contributed by atoms with Crippen LogP contribution in [-0.2, 0) is 34.8 Å². The number of hydrogen-bond acceptors (Lipinski definition) is 7. The Morgan fingerprint density at radius 1 is 1.05 bits per heavy atom. The van der Waals surface area contributed by atoms with Crippen molar-refractivity contribution in [3.8, 4) is 5.75 Å². The summed E-state index contributed by atoms with van der Waals surface area (Å²) < 4.78 is 35.5. The Balaban J connectivity index is 2.42. The average molecular weight is 549 g/mol. The zero-order valence-electron chi connectivity index (χ0n) is 24.6. The Hall–Kier alpha value is -1.97. The standard InChI is InChI=1S/C30H48O7Si/c1-10-34-28-13-11-12-26(36-28)18-19-27(37-38(21(2)3,22(4)5)23(6)7)29(30(31)33-9)35-20-24-14-16-25(32-8)17-15-24/h11-12,14-19,21-23,26-29H,10,13,20H2,1-9H3/b19-18+/t26-,27-,28+,29+/m0/s1. The monoisotopic (exact) mass is 548 g/mol. The normalized spacial score (nSPS) is 19.9. The number of carbonyl (C=O) groups excluding carboxylic acids is 1. The Kier molecular flexibility index (Phi) is 13.2. The maximum absolute atomic E-state index is 13.1. The van der Waals surface area contributed by atoms with Gasteiger partial charge in [-0.1, -0.05) is 78.0 Å². The van der Waals surface area contributed by atoms with Gasteiger partial charge in [0.25, 0.3) is 0 Å². The van der Waals surface area contributed by atoms with Gasteiger partial charge in [-0.05, 0) is 41.2 Å². The second kappa shape index (κ2) is 15.6. The van der Waals surface area contributed by atoms with Gasteiger partial charge in [0, 0.05) is 13.0 Å². The van der Waals surface area contributed by atoms with Crippen molar-refractivity contribution in [2.24, 2.45) is 0 Å². The first-order valence-electron chi connectivity index (χ1n) is 13.7. The van der Waals surface area contributed by atoms with Crippen molar-refractivity contribution in [2.75, 3.05) is 20.8 Å². The summed E-state index contributed by atoms with van der Waals surface area (Å²) in [4.78, 5) is 13.1. The molecule has 38 heavy (non-hydrogen) atoms. The van der Waals surface area contributed by atoms with Gasteiger partial charge in [-0.3, -0.25) is 0 Å². The summed E-state index contributed by atoms with van der Waals surface area (Å²) in [6.07, 6.45) is 6.41. The first-order chi connectivity index (χ1) is 18.1. The lowest BCUT2D eigenvalue weighted by molar-refractivity contribution is -0.160. The van der Waals surface area contributed by atoms with E-state index in [0.29, 0.717) is 29.7 Å². The molecule has 0 amide bonds. The van der Waals surface area contributed by atoms with Crippen LogP contribution in [0.15, 0.2) is 48.6 Å². The van der Waals surface area contributed by atoms with E-state index in [1.165, 1.54) is 7.11 Å². The lowest BCUT2D eigenvalue weighted by Gasteiger charge is -2.45. The molecule has 0 saturated carbocycles. The van der Waals surface area contributed by atoms with E-state index in [2.05, 4.69) is 47.6 Å². The quantitative estimate of drug-likeness (QED) is 0.139. The summed E-state index contributed by atoms with van der Waals surface area (Å²) in [7, 11) is 0.623. The van der Waals surface area contributed by atoms with Gasteiger partial charge in [0.15, 0.2) is 12.4 Å². The van der Waals surface area contributed by atoms with Crippen LogP contribution in [0.5, 0.6) is 5.75 Å². The molecule has 0 radical (unpaired) electrons. The molecule has 1 aliphatic rings. The van der Waals surface area contributed by atoms with E-state index < -0.39 is 26.5 Å². The Morgan fingerprint density at radius 3 is 2.21 bits per heavy atom. The maximum Gasteiger partial charge on any atom is 0.338 e. The zero-order valence-corrected chi connectivity index (χ0v) is 25.6. The van der Waals surface area contributed by atoms with E-state index in [1.54, 1.807) is 7.11 Å². The fraction of sp³-hybridized carbons (Fsp3) is 0.633. The molecular formula is C30H48O7Si. The van der Waals surface area contributed by atoms with Crippen molar-refractivity contribution >= 4 is 14.3 Å². The first-order valence-corrected chi connectivity index (χ1v) is 15.8. The van der Waals surface area contributed by atoms with Gasteiger partial charge in [-0.15, -0.1) is 0 Å². The summed E-state index contributed by atoms with van der Waals surface area (Å²) in [6.45, 7) is 16.1. The lowest BCUT2D eigenvalue weighted by Crippen LogP contribution is -2.53. The predicted molar refractivity (Wildman–Crippen MR) is 153 cm³/mol. The van der Waals surface area contributed by atoms with Gasteiger partial charge in [-0.25, -0.2) is 4.79 Å². The molecule has 0 N–H and O–H groups in total. The van der Waals surface area contributed by atoms with Crippen LogP contribution in [-0.4, -0.2) is 59.7 Å². The highest BCUT2D eigenvalue weighted by molar-refractivity contribution is 6.77. The smallest absolute Gasteiger partial charge is 0.338 e. The largest absolute Gasteiger partial charge is 0.497 e. The average Bonchev–Trinajstić information content (AvgIpc) is 2.89. The third kappa shape index (κ3) is 8.51. The molecule has 0 fully saturated rings. The van der Waals surface area contributed by atoms with E-state index >= 15 is 0 Å². The highest BCUT2D eigenvalue weighted by Gasteiger charge is 2.48. The summed E-state index contributed by atoms with van der Waals surface area (Å²) in [5.41, 5.74) is 1.89. The van der Waals surface area contributed by atoms with E-state index in [1.807, 2.05) is 49.4 Å². The molecule has 0 unspecified atom stereocenters. The van der Waals surface area contributed by atoms with Gasteiger partial charge >= 0.3 is 5.97 Å². The summed E-state index contributed by atoms with van der Waals surface area (Å²) >= 11 is 0. The Morgan fingerprint density at radius 2 is 1.68 bits per heavy atom. The highest BCUT2D eigenvalue weighted by Crippen LogP contribution is 2.43. The fourth-order valence-electron chi connectivity index (χ4n) is 5.39. The number of rotatable bonds is 15. The summed E-state index contributed by atoms with van der Waals surface area (Å²) in [5, 5.41) is 0. The Bertz CT molecular complexity index is 873. The molecule has 7 nitrogen and oxygen atoms in total. The molecule has 0 bridgehead atoms. The van der Waals surface area contributed by atoms with E-state index in [-0.39, 0.29) is 19.0 Å². The SMILES string of the molecule is CCO[C@H]1CC=C[C@@H](/C=C/[C@H](O[Si](C(C)C)(C(C)C)C(C)C)[C@@H](OCc2ccc(OC)cc2)C(=O)OC)O1. The minimum atomic E-state index is -2.38. The van der Waals surface area contributed by atoms with Gasteiger partial charge < -0.3 is 28.1 Å². The number of carbonyl (C=O) groups is 1.